The SMILES string of the molecule is N#Cc1nc2ccccc2cc1C#CCN. The molecule has 0 fully saturated rings. The molecule has 76 valence electrons. The summed E-state index contributed by atoms with van der Waals surface area (Å²) in [5, 5.41) is 9.94. The topological polar surface area (TPSA) is 62.7 Å². The van der Waals surface area contributed by atoms with Crippen molar-refractivity contribution in [1.82, 2.24) is 4.98 Å². The number of fused-ring (bicyclic) bond motifs is 1. The molecular formula is C13H9N3. The van der Waals surface area contributed by atoms with E-state index in [4.69, 9.17) is 11.0 Å². The molecule has 1 heterocycles. The van der Waals surface area contributed by atoms with Crippen molar-refractivity contribution >= 4 is 10.9 Å². The Morgan fingerprint density at radius 3 is 2.88 bits per heavy atom. The fourth-order valence-electron chi connectivity index (χ4n) is 1.44. The number of hydrogen-bond donors (Lipinski definition) is 1. The Labute approximate surface area is 93.5 Å². The molecule has 16 heavy (non-hydrogen) atoms. The van der Waals surface area contributed by atoms with Gasteiger partial charge in [-0.1, -0.05) is 30.0 Å². The van der Waals surface area contributed by atoms with Crippen LogP contribution in [0.25, 0.3) is 10.9 Å². The third-order valence-corrected chi connectivity index (χ3v) is 2.15. The summed E-state index contributed by atoms with van der Waals surface area (Å²) in [5.74, 6) is 5.59. The Morgan fingerprint density at radius 1 is 1.31 bits per heavy atom. The van der Waals surface area contributed by atoms with Crippen LogP contribution in [-0.4, -0.2) is 11.5 Å². The highest BCUT2D eigenvalue weighted by Crippen LogP contribution is 2.15. The third kappa shape index (κ3) is 1.86. The molecule has 0 atom stereocenters. The molecule has 2 N–H and O–H groups in total. The highest BCUT2D eigenvalue weighted by Gasteiger charge is 2.03. The highest BCUT2D eigenvalue weighted by molar-refractivity contribution is 5.81. The number of para-hydroxylation sites is 1. The van der Waals surface area contributed by atoms with Crippen molar-refractivity contribution in [3.05, 3.63) is 41.6 Å². The maximum Gasteiger partial charge on any atom is 0.156 e. The van der Waals surface area contributed by atoms with Crippen molar-refractivity contribution in [3.8, 4) is 17.9 Å². The summed E-state index contributed by atoms with van der Waals surface area (Å²) in [6, 6.07) is 11.5. The smallest absolute Gasteiger partial charge is 0.156 e. The molecule has 0 radical (unpaired) electrons. The first kappa shape index (κ1) is 10.2. The fraction of sp³-hybridized carbons (Fsp3) is 0.0769. The van der Waals surface area contributed by atoms with Crippen LogP contribution in [0.15, 0.2) is 30.3 Å². The van der Waals surface area contributed by atoms with Crippen molar-refractivity contribution in [1.29, 1.82) is 5.26 Å². The van der Waals surface area contributed by atoms with Gasteiger partial charge in [0.25, 0.3) is 0 Å². The molecule has 1 aromatic heterocycles. The van der Waals surface area contributed by atoms with Gasteiger partial charge in [0.1, 0.15) is 6.07 Å². The maximum absolute atomic E-state index is 8.97. The van der Waals surface area contributed by atoms with Gasteiger partial charge in [-0.2, -0.15) is 5.26 Å². The van der Waals surface area contributed by atoms with Gasteiger partial charge in [0.05, 0.1) is 17.6 Å². The number of hydrogen-bond acceptors (Lipinski definition) is 3. The van der Waals surface area contributed by atoms with E-state index in [1.165, 1.54) is 0 Å². The molecule has 0 unspecified atom stereocenters. The number of benzene rings is 1. The second kappa shape index (κ2) is 4.44. The summed E-state index contributed by atoms with van der Waals surface area (Å²) in [6.45, 7) is 0.275. The molecule has 0 aliphatic carbocycles. The Kier molecular flexibility index (Phi) is 2.82. The van der Waals surface area contributed by atoms with Gasteiger partial charge in [0, 0.05) is 5.39 Å². The predicted octanol–water partition coefficient (Wildman–Crippen LogP) is 1.42. The molecule has 0 amide bonds. The monoisotopic (exact) mass is 207 g/mol. The van der Waals surface area contributed by atoms with Gasteiger partial charge < -0.3 is 5.73 Å². The lowest BCUT2D eigenvalue weighted by atomic mass is 10.1. The largest absolute Gasteiger partial charge is 0.320 e. The van der Waals surface area contributed by atoms with Crippen molar-refractivity contribution in [2.24, 2.45) is 5.73 Å². The van der Waals surface area contributed by atoms with Crippen LogP contribution in [-0.2, 0) is 0 Å². The van der Waals surface area contributed by atoms with E-state index in [1.54, 1.807) is 0 Å². The summed E-state index contributed by atoms with van der Waals surface area (Å²) in [4.78, 5) is 4.24. The van der Waals surface area contributed by atoms with E-state index >= 15 is 0 Å². The molecular weight excluding hydrogens is 198 g/mol. The van der Waals surface area contributed by atoms with Crippen LogP contribution in [0.4, 0.5) is 0 Å². The number of nitriles is 1. The van der Waals surface area contributed by atoms with Crippen LogP contribution in [0.3, 0.4) is 0 Å². The summed E-state index contributed by atoms with van der Waals surface area (Å²) in [6.07, 6.45) is 0. The molecule has 3 heteroatoms. The molecule has 2 aromatic rings. The number of nitrogens with two attached hydrogens (primary N) is 1. The van der Waals surface area contributed by atoms with Crippen LogP contribution in [0.5, 0.6) is 0 Å². The van der Waals surface area contributed by atoms with E-state index in [1.807, 2.05) is 36.4 Å². The second-order valence-electron chi connectivity index (χ2n) is 3.19. The Hall–Kier alpha value is -2.36. The maximum atomic E-state index is 8.97. The first-order chi connectivity index (χ1) is 7.85. The van der Waals surface area contributed by atoms with Gasteiger partial charge in [0.15, 0.2) is 5.69 Å². The zero-order valence-electron chi connectivity index (χ0n) is 8.57. The zero-order valence-corrected chi connectivity index (χ0v) is 8.57. The van der Waals surface area contributed by atoms with Gasteiger partial charge in [0.2, 0.25) is 0 Å². The van der Waals surface area contributed by atoms with E-state index < -0.39 is 0 Å². The van der Waals surface area contributed by atoms with E-state index in [2.05, 4.69) is 16.8 Å². The van der Waals surface area contributed by atoms with Gasteiger partial charge in [-0.25, -0.2) is 4.98 Å². The molecule has 0 bridgehead atoms. The van der Waals surface area contributed by atoms with E-state index in [0.717, 1.165) is 10.9 Å². The average molecular weight is 207 g/mol. The number of aromatic nitrogens is 1. The minimum Gasteiger partial charge on any atom is -0.320 e. The minimum atomic E-state index is 0.275. The lowest BCUT2D eigenvalue weighted by Crippen LogP contribution is -1.95. The summed E-state index contributed by atoms with van der Waals surface area (Å²) in [7, 11) is 0. The van der Waals surface area contributed by atoms with Crippen LogP contribution >= 0.6 is 0 Å². The van der Waals surface area contributed by atoms with Crippen LogP contribution in [0, 0.1) is 23.2 Å². The molecule has 2 rings (SSSR count). The number of nitrogens with zero attached hydrogens (tertiary/aromatic N) is 2. The molecule has 0 saturated heterocycles. The first-order valence-corrected chi connectivity index (χ1v) is 4.84. The van der Waals surface area contributed by atoms with E-state index in [9.17, 15) is 0 Å². The number of pyridine rings is 1. The summed E-state index contributed by atoms with van der Waals surface area (Å²) < 4.78 is 0. The van der Waals surface area contributed by atoms with Gasteiger partial charge in [-0.15, -0.1) is 0 Å². The Balaban J connectivity index is 2.69. The lowest BCUT2D eigenvalue weighted by molar-refractivity contribution is 1.29. The molecule has 0 aliphatic rings. The van der Waals surface area contributed by atoms with Crippen LogP contribution in [0.1, 0.15) is 11.3 Å². The van der Waals surface area contributed by atoms with E-state index in [0.29, 0.717) is 11.3 Å². The van der Waals surface area contributed by atoms with Crippen molar-refractivity contribution < 1.29 is 0 Å². The van der Waals surface area contributed by atoms with E-state index in [-0.39, 0.29) is 6.54 Å². The molecule has 0 saturated carbocycles. The van der Waals surface area contributed by atoms with Gasteiger partial charge in [-0.3, -0.25) is 0 Å². The van der Waals surface area contributed by atoms with Gasteiger partial charge >= 0.3 is 0 Å². The molecule has 1 aromatic carbocycles. The standard InChI is InChI=1S/C13H9N3/c14-7-3-5-11-8-10-4-1-2-6-12(10)16-13(11)9-15/h1-2,4,6,8H,7,14H2. The highest BCUT2D eigenvalue weighted by atomic mass is 14.7. The second-order valence-corrected chi connectivity index (χ2v) is 3.19. The molecule has 3 nitrogen and oxygen atoms in total. The lowest BCUT2D eigenvalue weighted by Gasteiger charge is -1.99. The summed E-state index contributed by atoms with van der Waals surface area (Å²) >= 11 is 0. The van der Waals surface area contributed by atoms with Crippen molar-refractivity contribution in [3.63, 3.8) is 0 Å². The summed E-state index contributed by atoms with van der Waals surface area (Å²) in [5.41, 5.74) is 7.08. The quantitative estimate of drug-likeness (QED) is 0.664. The van der Waals surface area contributed by atoms with Crippen LogP contribution in [0.2, 0.25) is 0 Å². The van der Waals surface area contributed by atoms with Crippen LogP contribution < -0.4 is 5.73 Å². The van der Waals surface area contributed by atoms with Crippen molar-refractivity contribution in [2.45, 2.75) is 0 Å². The molecule has 0 aliphatic heterocycles. The Bertz CT molecular complexity index is 627. The first-order valence-electron chi connectivity index (χ1n) is 4.84. The third-order valence-electron chi connectivity index (χ3n) is 2.15. The minimum absolute atomic E-state index is 0.275. The van der Waals surface area contributed by atoms with Crippen molar-refractivity contribution in [2.75, 3.05) is 6.54 Å². The number of rotatable bonds is 0. The zero-order chi connectivity index (χ0) is 11.4. The Morgan fingerprint density at radius 2 is 2.12 bits per heavy atom. The normalized spacial score (nSPS) is 9.25. The predicted molar refractivity (Wildman–Crippen MR) is 62.4 cm³/mol. The van der Waals surface area contributed by atoms with Gasteiger partial charge in [-0.05, 0) is 12.1 Å². The average Bonchev–Trinajstić information content (AvgIpc) is 2.35. The molecule has 0 spiro atoms. The fourth-order valence-corrected chi connectivity index (χ4v) is 1.44.